The Kier molecular flexibility index (Phi) is 2.85. The van der Waals surface area contributed by atoms with Crippen molar-refractivity contribution in [3.05, 3.63) is 18.0 Å². The summed E-state index contributed by atoms with van der Waals surface area (Å²) < 4.78 is 1.76. The highest BCUT2D eigenvalue weighted by atomic mass is 15.2. The summed E-state index contributed by atoms with van der Waals surface area (Å²) in [6.45, 7) is 2.62. The van der Waals surface area contributed by atoms with E-state index in [1.54, 1.807) is 10.9 Å². The van der Waals surface area contributed by atoms with Crippen molar-refractivity contribution >= 4 is 5.84 Å². The maximum atomic E-state index is 5.55. The van der Waals surface area contributed by atoms with Crippen LogP contribution in [0, 0.1) is 0 Å². The van der Waals surface area contributed by atoms with Gasteiger partial charge in [-0.25, -0.2) is 0 Å². The third-order valence-corrected chi connectivity index (χ3v) is 1.59. The Balaban J connectivity index is 2.53. The summed E-state index contributed by atoms with van der Waals surface area (Å²) in [5, 5.41) is 4.03. The first kappa shape index (κ1) is 8.77. The van der Waals surface area contributed by atoms with Crippen LogP contribution in [0.2, 0.25) is 0 Å². The molecule has 0 aliphatic heterocycles. The molecule has 0 fully saturated rings. The monoisotopic (exact) mass is 166 g/mol. The Bertz CT molecular complexity index is 274. The van der Waals surface area contributed by atoms with E-state index in [-0.39, 0.29) is 0 Å². The molecule has 0 amide bonds. The molecule has 66 valence electrons. The second kappa shape index (κ2) is 3.90. The first-order valence-electron chi connectivity index (χ1n) is 3.98. The average molecular weight is 166 g/mol. The van der Waals surface area contributed by atoms with Crippen LogP contribution in [0.4, 0.5) is 0 Å². The van der Waals surface area contributed by atoms with Gasteiger partial charge in [0.15, 0.2) is 0 Å². The topological polar surface area (TPSA) is 56.2 Å². The number of nitrogens with zero attached hydrogens (tertiary/aromatic N) is 3. The van der Waals surface area contributed by atoms with Crippen LogP contribution < -0.4 is 5.73 Å². The van der Waals surface area contributed by atoms with Gasteiger partial charge < -0.3 is 5.73 Å². The maximum Gasteiger partial charge on any atom is 0.0938 e. The molecular formula is C8H14N4. The van der Waals surface area contributed by atoms with E-state index in [0.717, 1.165) is 12.0 Å². The summed E-state index contributed by atoms with van der Waals surface area (Å²) in [5.41, 5.74) is 6.64. The van der Waals surface area contributed by atoms with E-state index in [1.807, 2.05) is 20.2 Å². The Labute approximate surface area is 72.1 Å². The van der Waals surface area contributed by atoms with Gasteiger partial charge >= 0.3 is 0 Å². The second-order valence-electron chi connectivity index (χ2n) is 2.68. The van der Waals surface area contributed by atoms with Crippen LogP contribution >= 0.6 is 0 Å². The van der Waals surface area contributed by atoms with E-state index in [2.05, 4.69) is 10.1 Å². The van der Waals surface area contributed by atoms with Crippen molar-refractivity contribution in [1.29, 1.82) is 0 Å². The molecule has 12 heavy (non-hydrogen) atoms. The van der Waals surface area contributed by atoms with Gasteiger partial charge in [-0.2, -0.15) is 5.10 Å². The van der Waals surface area contributed by atoms with Crippen molar-refractivity contribution in [2.45, 2.75) is 19.9 Å². The molecule has 1 heterocycles. The van der Waals surface area contributed by atoms with Crippen LogP contribution in [0.15, 0.2) is 17.4 Å². The van der Waals surface area contributed by atoms with E-state index in [1.165, 1.54) is 0 Å². The first-order valence-corrected chi connectivity index (χ1v) is 3.98. The van der Waals surface area contributed by atoms with Gasteiger partial charge in [0.05, 0.1) is 18.6 Å². The van der Waals surface area contributed by atoms with Crippen LogP contribution in [0.5, 0.6) is 0 Å². The van der Waals surface area contributed by atoms with Crippen LogP contribution in [0.3, 0.4) is 0 Å². The van der Waals surface area contributed by atoms with Crippen molar-refractivity contribution in [1.82, 2.24) is 9.78 Å². The summed E-state index contributed by atoms with van der Waals surface area (Å²) in [6, 6.07) is 0. The number of nitrogens with two attached hydrogens (primary N) is 1. The molecule has 0 atom stereocenters. The SMILES string of the molecule is CCC(N)=NCc1cnn(C)c1. The molecule has 0 unspecified atom stereocenters. The normalized spacial score (nSPS) is 12.0. The van der Waals surface area contributed by atoms with E-state index in [4.69, 9.17) is 5.73 Å². The fraction of sp³-hybridized carbons (Fsp3) is 0.500. The van der Waals surface area contributed by atoms with Crippen molar-refractivity contribution in [3.63, 3.8) is 0 Å². The molecule has 0 aliphatic carbocycles. The molecule has 0 bridgehead atoms. The molecule has 1 rings (SSSR count). The molecule has 2 N–H and O–H groups in total. The molecule has 0 radical (unpaired) electrons. The Hall–Kier alpha value is -1.32. The van der Waals surface area contributed by atoms with Gasteiger partial charge in [-0.1, -0.05) is 6.92 Å². The predicted molar refractivity (Wildman–Crippen MR) is 48.8 cm³/mol. The van der Waals surface area contributed by atoms with E-state index in [9.17, 15) is 0 Å². The van der Waals surface area contributed by atoms with Crippen molar-refractivity contribution in [2.75, 3.05) is 0 Å². The van der Waals surface area contributed by atoms with Gasteiger partial charge in [0.1, 0.15) is 0 Å². The standard InChI is InChI=1S/C8H14N4/c1-3-8(9)10-4-7-5-11-12(2)6-7/h5-6H,3-4H2,1-2H3,(H2,9,10). The molecule has 0 spiro atoms. The molecule has 0 saturated heterocycles. The molecular weight excluding hydrogens is 152 g/mol. The number of aryl methyl sites for hydroxylation is 1. The highest BCUT2D eigenvalue weighted by Gasteiger charge is 1.93. The van der Waals surface area contributed by atoms with Gasteiger partial charge in [-0.05, 0) is 0 Å². The smallest absolute Gasteiger partial charge is 0.0938 e. The highest BCUT2D eigenvalue weighted by molar-refractivity contribution is 5.79. The Morgan fingerprint density at radius 3 is 3.00 bits per heavy atom. The number of amidine groups is 1. The van der Waals surface area contributed by atoms with Crippen molar-refractivity contribution < 1.29 is 0 Å². The Morgan fingerprint density at radius 1 is 1.75 bits per heavy atom. The van der Waals surface area contributed by atoms with Crippen molar-refractivity contribution in [3.8, 4) is 0 Å². The molecule has 0 aromatic carbocycles. The minimum Gasteiger partial charge on any atom is -0.387 e. The fourth-order valence-electron chi connectivity index (χ4n) is 0.858. The molecule has 1 aromatic rings. The predicted octanol–water partition coefficient (Wildman–Crippen LogP) is 0.687. The van der Waals surface area contributed by atoms with Gasteiger partial charge in [0.2, 0.25) is 0 Å². The number of aromatic nitrogens is 2. The molecule has 4 nitrogen and oxygen atoms in total. The zero-order chi connectivity index (χ0) is 8.97. The van der Waals surface area contributed by atoms with E-state index < -0.39 is 0 Å². The summed E-state index contributed by atoms with van der Waals surface area (Å²) in [6.07, 6.45) is 4.54. The summed E-state index contributed by atoms with van der Waals surface area (Å²) >= 11 is 0. The van der Waals surface area contributed by atoms with Crippen LogP contribution in [0.25, 0.3) is 0 Å². The first-order chi connectivity index (χ1) is 5.72. The lowest BCUT2D eigenvalue weighted by atomic mass is 10.3. The second-order valence-corrected chi connectivity index (χ2v) is 2.68. The highest BCUT2D eigenvalue weighted by Crippen LogP contribution is 1.98. The molecule has 0 saturated carbocycles. The maximum absolute atomic E-state index is 5.55. The fourth-order valence-corrected chi connectivity index (χ4v) is 0.858. The summed E-state index contributed by atoms with van der Waals surface area (Å²) in [7, 11) is 1.89. The van der Waals surface area contributed by atoms with E-state index >= 15 is 0 Å². The lowest BCUT2D eigenvalue weighted by Gasteiger charge is -1.93. The third-order valence-electron chi connectivity index (χ3n) is 1.59. The van der Waals surface area contributed by atoms with Crippen molar-refractivity contribution in [2.24, 2.45) is 17.8 Å². The van der Waals surface area contributed by atoms with Gasteiger partial charge in [-0.3, -0.25) is 9.67 Å². The minimum atomic E-state index is 0.632. The number of hydrogen-bond donors (Lipinski definition) is 1. The van der Waals surface area contributed by atoms with Gasteiger partial charge in [0.25, 0.3) is 0 Å². The minimum absolute atomic E-state index is 0.632. The summed E-state index contributed by atoms with van der Waals surface area (Å²) in [4.78, 5) is 4.17. The van der Waals surface area contributed by atoms with E-state index in [0.29, 0.717) is 12.4 Å². The summed E-state index contributed by atoms with van der Waals surface area (Å²) in [5.74, 6) is 0.693. The lowest BCUT2D eigenvalue weighted by Crippen LogP contribution is -2.09. The lowest BCUT2D eigenvalue weighted by molar-refractivity contribution is 0.767. The number of hydrogen-bond acceptors (Lipinski definition) is 2. The third kappa shape index (κ3) is 2.38. The van der Waals surface area contributed by atoms with Gasteiger partial charge in [0, 0.05) is 25.2 Å². The molecule has 0 aliphatic rings. The zero-order valence-electron chi connectivity index (χ0n) is 7.49. The molecule has 4 heteroatoms. The quantitative estimate of drug-likeness (QED) is 0.530. The number of rotatable bonds is 3. The van der Waals surface area contributed by atoms with Crippen LogP contribution in [-0.2, 0) is 13.6 Å². The number of aliphatic imine (C=N–C) groups is 1. The average Bonchev–Trinajstić information content (AvgIpc) is 2.47. The van der Waals surface area contributed by atoms with Crippen LogP contribution in [-0.4, -0.2) is 15.6 Å². The Morgan fingerprint density at radius 2 is 2.50 bits per heavy atom. The largest absolute Gasteiger partial charge is 0.387 e. The zero-order valence-corrected chi connectivity index (χ0v) is 7.49. The van der Waals surface area contributed by atoms with Crippen LogP contribution in [0.1, 0.15) is 18.9 Å². The molecule has 1 aromatic heterocycles. The van der Waals surface area contributed by atoms with Gasteiger partial charge in [-0.15, -0.1) is 0 Å².